The maximum absolute atomic E-state index is 5.65. The lowest BCUT2D eigenvalue weighted by Crippen LogP contribution is -2.38. The van der Waals surface area contributed by atoms with E-state index < -0.39 is 0 Å². The van der Waals surface area contributed by atoms with Gasteiger partial charge < -0.3 is 9.47 Å². The zero-order valence-electron chi connectivity index (χ0n) is 12.4. The van der Waals surface area contributed by atoms with Gasteiger partial charge in [-0.15, -0.1) is 0 Å². The number of nitrogens with two attached hydrogens (primary N) is 1. The molecule has 0 aromatic heterocycles. The fraction of sp³-hybridized carbons (Fsp3) is 0.600. The number of methoxy groups -OCH3 is 2. The van der Waals surface area contributed by atoms with Crippen LogP contribution in [0.25, 0.3) is 0 Å². The largest absolute Gasteiger partial charge is 0.496 e. The van der Waals surface area contributed by atoms with Gasteiger partial charge in [-0.2, -0.15) is 0 Å². The summed E-state index contributed by atoms with van der Waals surface area (Å²) in [6, 6.07) is 8.25. The molecule has 0 saturated heterocycles. The van der Waals surface area contributed by atoms with E-state index in [1.165, 1.54) is 5.56 Å². The van der Waals surface area contributed by atoms with Crippen molar-refractivity contribution in [3.05, 3.63) is 29.8 Å². The van der Waals surface area contributed by atoms with Crippen molar-refractivity contribution in [3.8, 4) is 5.75 Å². The van der Waals surface area contributed by atoms with E-state index in [-0.39, 0.29) is 11.6 Å². The predicted octanol–water partition coefficient (Wildman–Crippen LogP) is 2.27. The second kappa shape index (κ2) is 7.48. The molecule has 0 aliphatic heterocycles. The van der Waals surface area contributed by atoms with Gasteiger partial charge in [-0.3, -0.25) is 11.3 Å². The Labute approximate surface area is 116 Å². The van der Waals surface area contributed by atoms with Gasteiger partial charge in [0.15, 0.2) is 0 Å². The maximum Gasteiger partial charge on any atom is 0.122 e. The summed E-state index contributed by atoms with van der Waals surface area (Å²) < 4.78 is 10.8. The van der Waals surface area contributed by atoms with E-state index in [0.29, 0.717) is 0 Å². The first kappa shape index (κ1) is 16.0. The van der Waals surface area contributed by atoms with E-state index in [4.69, 9.17) is 15.3 Å². The molecular weight excluding hydrogens is 240 g/mol. The molecule has 1 atom stereocenters. The number of rotatable bonds is 8. The number of nitrogens with one attached hydrogen (secondary N) is 1. The summed E-state index contributed by atoms with van der Waals surface area (Å²) in [7, 11) is 3.43. The van der Waals surface area contributed by atoms with Crippen molar-refractivity contribution in [2.24, 2.45) is 5.84 Å². The van der Waals surface area contributed by atoms with Gasteiger partial charge in [0.1, 0.15) is 5.75 Å². The van der Waals surface area contributed by atoms with Crippen LogP contribution in [0.1, 0.15) is 32.3 Å². The number of benzene rings is 1. The Morgan fingerprint density at radius 3 is 2.53 bits per heavy atom. The first-order valence-electron chi connectivity index (χ1n) is 6.65. The number of hydrogen-bond donors (Lipinski definition) is 2. The van der Waals surface area contributed by atoms with Gasteiger partial charge in [-0.05, 0) is 44.7 Å². The third-order valence-electron chi connectivity index (χ3n) is 3.54. The lowest BCUT2D eigenvalue weighted by atomic mass is 9.95. The third-order valence-corrected chi connectivity index (χ3v) is 3.54. The van der Waals surface area contributed by atoms with Crippen LogP contribution in [0.4, 0.5) is 0 Å². The number of para-hydroxylation sites is 1. The minimum Gasteiger partial charge on any atom is -0.496 e. The van der Waals surface area contributed by atoms with Crippen molar-refractivity contribution in [2.75, 3.05) is 14.2 Å². The smallest absolute Gasteiger partial charge is 0.122 e. The highest BCUT2D eigenvalue weighted by atomic mass is 16.5. The fourth-order valence-corrected chi connectivity index (χ4v) is 2.01. The molecule has 0 bridgehead atoms. The molecule has 1 rings (SSSR count). The standard InChI is InChI=1S/C15H26N2O2/c1-15(2,19-4)10-9-13(17-16)11-12-7-5-6-8-14(12)18-3/h5-8,13,17H,9-11,16H2,1-4H3. The van der Waals surface area contributed by atoms with E-state index >= 15 is 0 Å². The van der Waals surface area contributed by atoms with Gasteiger partial charge in [0, 0.05) is 13.2 Å². The SMILES string of the molecule is COc1ccccc1CC(CCC(C)(C)OC)NN. The minimum absolute atomic E-state index is 0.115. The molecule has 0 radical (unpaired) electrons. The van der Waals surface area contributed by atoms with E-state index in [9.17, 15) is 0 Å². The molecule has 0 aliphatic rings. The summed E-state index contributed by atoms with van der Waals surface area (Å²) in [5.74, 6) is 6.56. The first-order valence-corrected chi connectivity index (χ1v) is 6.65. The summed E-state index contributed by atoms with van der Waals surface area (Å²) in [6.45, 7) is 4.17. The van der Waals surface area contributed by atoms with Crippen molar-refractivity contribution in [1.29, 1.82) is 0 Å². The molecule has 0 aliphatic carbocycles. The second-order valence-electron chi connectivity index (χ2n) is 5.38. The van der Waals surface area contributed by atoms with Gasteiger partial charge in [0.05, 0.1) is 12.7 Å². The third kappa shape index (κ3) is 5.19. The van der Waals surface area contributed by atoms with Crippen LogP contribution in [0.5, 0.6) is 5.75 Å². The summed E-state index contributed by atoms with van der Waals surface area (Å²) >= 11 is 0. The average Bonchev–Trinajstić information content (AvgIpc) is 2.43. The number of hydrogen-bond acceptors (Lipinski definition) is 4. The highest BCUT2D eigenvalue weighted by molar-refractivity contribution is 5.33. The molecular formula is C15H26N2O2. The van der Waals surface area contributed by atoms with E-state index in [1.54, 1.807) is 14.2 Å². The molecule has 0 amide bonds. The van der Waals surface area contributed by atoms with Gasteiger partial charge in [-0.25, -0.2) is 0 Å². The zero-order valence-corrected chi connectivity index (χ0v) is 12.4. The highest BCUT2D eigenvalue weighted by Gasteiger charge is 2.19. The number of hydrazine groups is 1. The van der Waals surface area contributed by atoms with E-state index in [0.717, 1.165) is 25.0 Å². The lowest BCUT2D eigenvalue weighted by molar-refractivity contribution is 0.0117. The second-order valence-corrected chi connectivity index (χ2v) is 5.38. The van der Waals surface area contributed by atoms with Crippen LogP contribution in [0.2, 0.25) is 0 Å². The fourth-order valence-electron chi connectivity index (χ4n) is 2.01. The minimum atomic E-state index is -0.115. The van der Waals surface area contributed by atoms with Crippen molar-refractivity contribution in [1.82, 2.24) is 5.43 Å². The van der Waals surface area contributed by atoms with E-state index in [1.807, 2.05) is 18.2 Å². The molecule has 4 nitrogen and oxygen atoms in total. The normalized spacial score (nSPS) is 13.3. The molecule has 0 heterocycles. The maximum atomic E-state index is 5.65. The van der Waals surface area contributed by atoms with Crippen molar-refractivity contribution in [2.45, 2.75) is 44.8 Å². The molecule has 19 heavy (non-hydrogen) atoms. The molecule has 1 unspecified atom stereocenters. The van der Waals surface area contributed by atoms with Gasteiger partial charge in [0.25, 0.3) is 0 Å². The van der Waals surface area contributed by atoms with Crippen LogP contribution in [0.3, 0.4) is 0 Å². The average molecular weight is 266 g/mol. The predicted molar refractivity (Wildman–Crippen MR) is 78.1 cm³/mol. The quantitative estimate of drug-likeness (QED) is 0.560. The molecule has 0 fully saturated rings. The van der Waals surface area contributed by atoms with Gasteiger partial charge >= 0.3 is 0 Å². The Bertz CT molecular complexity index is 380. The van der Waals surface area contributed by atoms with E-state index in [2.05, 4.69) is 25.3 Å². The summed E-state index contributed by atoms with van der Waals surface area (Å²) in [5.41, 5.74) is 3.94. The van der Waals surface area contributed by atoms with Crippen molar-refractivity contribution < 1.29 is 9.47 Å². The Morgan fingerprint density at radius 1 is 1.26 bits per heavy atom. The first-order chi connectivity index (χ1) is 9.02. The molecule has 1 aromatic rings. The summed E-state index contributed by atoms with van der Waals surface area (Å²) in [5, 5.41) is 0. The Hall–Kier alpha value is -1.10. The Morgan fingerprint density at radius 2 is 1.95 bits per heavy atom. The van der Waals surface area contributed by atoms with Crippen LogP contribution < -0.4 is 16.0 Å². The van der Waals surface area contributed by atoms with Crippen LogP contribution >= 0.6 is 0 Å². The van der Waals surface area contributed by atoms with Crippen molar-refractivity contribution in [3.63, 3.8) is 0 Å². The van der Waals surface area contributed by atoms with Crippen LogP contribution in [0, 0.1) is 0 Å². The monoisotopic (exact) mass is 266 g/mol. The lowest BCUT2D eigenvalue weighted by Gasteiger charge is -2.26. The Balaban J connectivity index is 2.61. The van der Waals surface area contributed by atoms with Crippen LogP contribution in [0.15, 0.2) is 24.3 Å². The summed E-state index contributed by atoms with van der Waals surface area (Å²) in [6.07, 6.45) is 2.75. The zero-order chi connectivity index (χ0) is 14.3. The topological polar surface area (TPSA) is 56.5 Å². The molecule has 4 heteroatoms. The summed E-state index contributed by atoms with van der Waals surface area (Å²) in [4.78, 5) is 0. The van der Waals surface area contributed by atoms with Crippen molar-refractivity contribution >= 4 is 0 Å². The molecule has 1 aromatic carbocycles. The molecule has 108 valence electrons. The Kier molecular flexibility index (Phi) is 6.28. The highest BCUT2D eigenvalue weighted by Crippen LogP contribution is 2.22. The van der Waals surface area contributed by atoms with Gasteiger partial charge in [0.2, 0.25) is 0 Å². The molecule has 3 N–H and O–H groups in total. The molecule has 0 spiro atoms. The van der Waals surface area contributed by atoms with Gasteiger partial charge in [-0.1, -0.05) is 18.2 Å². The van der Waals surface area contributed by atoms with Crippen LogP contribution in [-0.4, -0.2) is 25.9 Å². The number of ether oxygens (including phenoxy) is 2. The molecule has 0 saturated carbocycles. The van der Waals surface area contributed by atoms with Crippen LogP contribution in [-0.2, 0) is 11.2 Å².